The Morgan fingerprint density at radius 1 is 1.27 bits per heavy atom. The molecular weight excluding hydrogens is 280 g/mol. The third-order valence-electron chi connectivity index (χ3n) is 5.87. The number of hydrogen-bond acceptors (Lipinski definition) is 4. The topological polar surface area (TPSA) is 52.6 Å². The van der Waals surface area contributed by atoms with Crippen molar-refractivity contribution in [2.75, 3.05) is 0 Å². The van der Waals surface area contributed by atoms with Crippen molar-refractivity contribution < 1.29 is 19.1 Å². The molecule has 2 bridgehead atoms. The van der Waals surface area contributed by atoms with Crippen molar-refractivity contribution in [3.05, 3.63) is 0 Å². The van der Waals surface area contributed by atoms with Crippen molar-refractivity contribution >= 4 is 11.9 Å². The minimum absolute atomic E-state index is 0.319. The van der Waals surface area contributed by atoms with Crippen LogP contribution in [0.1, 0.15) is 73.1 Å². The third kappa shape index (κ3) is 3.16. The van der Waals surface area contributed by atoms with Gasteiger partial charge < -0.3 is 9.47 Å². The van der Waals surface area contributed by atoms with Crippen LogP contribution in [-0.4, -0.2) is 23.6 Å². The van der Waals surface area contributed by atoms with E-state index in [1.54, 1.807) is 6.92 Å². The lowest BCUT2D eigenvalue weighted by atomic mass is 9.82. The van der Waals surface area contributed by atoms with Gasteiger partial charge in [-0.3, -0.25) is 4.79 Å². The van der Waals surface area contributed by atoms with Crippen molar-refractivity contribution in [2.45, 2.75) is 84.8 Å². The fraction of sp³-hybridized carbons (Fsp3) is 0.889. The summed E-state index contributed by atoms with van der Waals surface area (Å²) in [7, 11) is 0. The molecule has 0 N–H and O–H groups in total. The average Bonchev–Trinajstić information content (AvgIpc) is 3.07. The van der Waals surface area contributed by atoms with Crippen LogP contribution in [0.4, 0.5) is 0 Å². The molecule has 0 aromatic carbocycles. The Kier molecular flexibility index (Phi) is 4.88. The Morgan fingerprint density at radius 3 is 2.41 bits per heavy atom. The second kappa shape index (κ2) is 6.21. The van der Waals surface area contributed by atoms with E-state index < -0.39 is 17.5 Å². The molecule has 0 saturated heterocycles. The largest absolute Gasteiger partial charge is 0.456 e. The monoisotopic (exact) mass is 310 g/mol. The molecule has 2 fully saturated rings. The summed E-state index contributed by atoms with van der Waals surface area (Å²) in [6.07, 6.45) is 5.26. The first-order valence-corrected chi connectivity index (χ1v) is 8.68. The highest BCUT2D eigenvalue weighted by molar-refractivity contribution is 5.81. The zero-order valence-electron chi connectivity index (χ0n) is 14.6. The molecule has 4 unspecified atom stereocenters. The Morgan fingerprint density at radius 2 is 1.95 bits per heavy atom. The molecule has 2 rings (SSSR count). The Labute approximate surface area is 133 Å². The fourth-order valence-corrected chi connectivity index (χ4v) is 3.82. The summed E-state index contributed by atoms with van der Waals surface area (Å²) < 4.78 is 11.2. The minimum atomic E-state index is -0.833. The molecule has 0 heterocycles. The van der Waals surface area contributed by atoms with Crippen LogP contribution in [-0.2, 0) is 19.1 Å². The molecule has 2 aliphatic rings. The molecular formula is C18H30O4. The van der Waals surface area contributed by atoms with Gasteiger partial charge in [0.05, 0.1) is 5.41 Å². The number of rotatable bonds is 6. The molecule has 0 aromatic heterocycles. The molecule has 0 aliphatic heterocycles. The summed E-state index contributed by atoms with van der Waals surface area (Å²) in [5.41, 5.74) is -0.885. The van der Waals surface area contributed by atoms with E-state index in [0.717, 1.165) is 19.3 Å². The summed E-state index contributed by atoms with van der Waals surface area (Å²) in [5, 5.41) is 0. The molecule has 22 heavy (non-hydrogen) atoms. The number of hydrogen-bond donors (Lipinski definition) is 0. The van der Waals surface area contributed by atoms with E-state index in [0.29, 0.717) is 18.3 Å². The Balaban J connectivity index is 1.95. The predicted molar refractivity (Wildman–Crippen MR) is 84.2 cm³/mol. The van der Waals surface area contributed by atoms with E-state index in [9.17, 15) is 9.59 Å². The van der Waals surface area contributed by atoms with Gasteiger partial charge in [0.1, 0.15) is 5.60 Å². The lowest BCUT2D eigenvalue weighted by Gasteiger charge is -2.37. The lowest BCUT2D eigenvalue weighted by Crippen LogP contribution is -2.43. The van der Waals surface area contributed by atoms with Crippen molar-refractivity contribution in [3.8, 4) is 0 Å². The SMILES string of the molecule is CCC(C)(C)C(=O)OC(C)C(=O)OC1(CC)CC2CCC1C2. The quantitative estimate of drug-likeness (QED) is 0.699. The first kappa shape index (κ1) is 17.3. The third-order valence-corrected chi connectivity index (χ3v) is 5.87. The Bertz CT molecular complexity index is 442. The zero-order valence-corrected chi connectivity index (χ0v) is 14.6. The maximum atomic E-state index is 12.4. The first-order chi connectivity index (χ1) is 10.2. The van der Waals surface area contributed by atoms with E-state index in [2.05, 4.69) is 6.92 Å². The number of esters is 2. The van der Waals surface area contributed by atoms with Crippen molar-refractivity contribution in [3.63, 3.8) is 0 Å². The van der Waals surface area contributed by atoms with Crippen LogP contribution < -0.4 is 0 Å². The zero-order chi connectivity index (χ0) is 16.5. The van der Waals surface area contributed by atoms with Gasteiger partial charge in [-0.05, 0) is 71.1 Å². The van der Waals surface area contributed by atoms with E-state index in [4.69, 9.17) is 9.47 Å². The highest BCUT2D eigenvalue weighted by Gasteiger charge is 2.53. The number of carbonyl (C=O) groups excluding carboxylic acids is 2. The molecule has 2 saturated carbocycles. The van der Waals surface area contributed by atoms with Gasteiger partial charge >= 0.3 is 11.9 Å². The molecule has 126 valence electrons. The van der Waals surface area contributed by atoms with E-state index in [1.807, 2.05) is 20.8 Å². The fourth-order valence-electron chi connectivity index (χ4n) is 3.82. The van der Waals surface area contributed by atoms with Crippen LogP contribution in [0.25, 0.3) is 0 Å². The molecule has 0 aromatic rings. The van der Waals surface area contributed by atoms with Gasteiger partial charge in [-0.2, -0.15) is 0 Å². The average molecular weight is 310 g/mol. The second-order valence-electron chi connectivity index (χ2n) is 7.70. The maximum Gasteiger partial charge on any atom is 0.347 e. The van der Waals surface area contributed by atoms with Crippen LogP contribution >= 0.6 is 0 Å². The summed E-state index contributed by atoms with van der Waals surface area (Å²) in [6.45, 7) is 9.30. The summed E-state index contributed by atoms with van der Waals surface area (Å²) in [5.74, 6) is 0.462. The van der Waals surface area contributed by atoms with Crippen LogP contribution in [0.15, 0.2) is 0 Å². The summed E-state index contributed by atoms with van der Waals surface area (Å²) in [6, 6.07) is 0. The van der Waals surface area contributed by atoms with Gasteiger partial charge in [-0.15, -0.1) is 0 Å². The van der Waals surface area contributed by atoms with Crippen molar-refractivity contribution in [2.24, 2.45) is 17.3 Å². The van der Waals surface area contributed by atoms with Gasteiger partial charge in [-0.1, -0.05) is 13.8 Å². The highest BCUT2D eigenvalue weighted by Crippen LogP contribution is 2.54. The van der Waals surface area contributed by atoms with Gasteiger partial charge in [0, 0.05) is 0 Å². The van der Waals surface area contributed by atoms with Crippen LogP contribution in [0, 0.1) is 17.3 Å². The van der Waals surface area contributed by atoms with Crippen molar-refractivity contribution in [1.82, 2.24) is 0 Å². The smallest absolute Gasteiger partial charge is 0.347 e. The van der Waals surface area contributed by atoms with Crippen LogP contribution in [0.5, 0.6) is 0 Å². The van der Waals surface area contributed by atoms with Crippen LogP contribution in [0.3, 0.4) is 0 Å². The van der Waals surface area contributed by atoms with Gasteiger partial charge in [0.2, 0.25) is 0 Å². The molecule has 0 spiro atoms. The van der Waals surface area contributed by atoms with E-state index in [1.165, 1.54) is 12.8 Å². The molecule has 4 atom stereocenters. The predicted octanol–water partition coefficient (Wildman–Crippen LogP) is 3.87. The molecule has 0 amide bonds. The second-order valence-corrected chi connectivity index (χ2v) is 7.70. The minimum Gasteiger partial charge on any atom is -0.456 e. The summed E-state index contributed by atoms with van der Waals surface area (Å²) >= 11 is 0. The molecule has 0 radical (unpaired) electrons. The van der Waals surface area contributed by atoms with E-state index >= 15 is 0 Å². The van der Waals surface area contributed by atoms with Gasteiger partial charge in [-0.25, -0.2) is 4.79 Å². The molecule has 4 heteroatoms. The van der Waals surface area contributed by atoms with Crippen LogP contribution in [0.2, 0.25) is 0 Å². The molecule has 4 nitrogen and oxygen atoms in total. The van der Waals surface area contributed by atoms with Gasteiger partial charge in [0.25, 0.3) is 0 Å². The normalized spacial score (nSPS) is 31.9. The van der Waals surface area contributed by atoms with Gasteiger partial charge in [0.15, 0.2) is 6.10 Å². The standard InChI is InChI=1S/C18H30O4/c1-6-17(4,5)16(20)21-12(3)15(19)22-18(7-2)11-13-8-9-14(18)10-13/h12-14H,6-11H2,1-5H3. The van der Waals surface area contributed by atoms with E-state index in [-0.39, 0.29) is 11.6 Å². The Hall–Kier alpha value is -1.06. The number of fused-ring (bicyclic) bond motifs is 2. The summed E-state index contributed by atoms with van der Waals surface area (Å²) in [4.78, 5) is 24.5. The van der Waals surface area contributed by atoms with Crippen molar-refractivity contribution in [1.29, 1.82) is 0 Å². The maximum absolute atomic E-state index is 12.4. The first-order valence-electron chi connectivity index (χ1n) is 8.68. The lowest BCUT2D eigenvalue weighted by molar-refractivity contribution is -0.186. The number of ether oxygens (including phenoxy) is 2. The molecule has 2 aliphatic carbocycles. The number of carbonyl (C=O) groups is 2. The highest BCUT2D eigenvalue weighted by atomic mass is 16.6.